The first-order chi connectivity index (χ1) is 21.2. The number of benzene rings is 1. The maximum absolute atomic E-state index is 16.4. The first-order valence-electron chi connectivity index (χ1n) is 14.7. The van der Waals surface area contributed by atoms with Crippen LogP contribution in [0.15, 0.2) is 36.7 Å². The van der Waals surface area contributed by atoms with E-state index in [1.165, 1.54) is 25.4 Å². The third kappa shape index (κ3) is 7.04. The summed E-state index contributed by atoms with van der Waals surface area (Å²) in [4.78, 5) is 25.2. The van der Waals surface area contributed by atoms with Crippen molar-refractivity contribution in [3.63, 3.8) is 0 Å². The third-order valence-electron chi connectivity index (χ3n) is 7.58. The topological polar surface area (TPSA) is 185 Å². The van der Waals surface area contributed by atoms with Crippen molar-refractivity contribution in [3.8, 4) is 5.75 Å². The minimum atomic E-state index is -4.57. The van der Waals surface area contributed by atoms with Crippen LogP contribution in [0.1, 0.15) is 59.6 Å². The van der Waals surface area contributed by atoms with Crippen LogP contribution in [0.5, 0.6) is 5.75 Å². The number of hydrogen-bond donors (Lipinski definition) is 4. The van der Waals surface area contributed by atoms with Gasteiger partial charge in [0, 0.05) is 6.04 Å². The number of aliphatic hydroxyl groups is 1. The van der Waals surface area contributed by atoms with Gasteiger partial charge in [0.25, 0.3) is 5.85 Å². The molecule has 246 valence electrons. The SMILES string of the molecule is CC(C)OC(=O)[C@H](C)NP(=O)(OC[C@@]1(F)O[C@@H](n2cnc3c(NC4CCCC4)nc(N)nc32)[C@](C)(F)[C@@H]1O)Oc1ccccc1. The molecule has 1 unspecified atom stereocenters. The van der Waals surface area contributed by atoms with Crippen LogP contribution >= 0.6 is 7.75 Å². The zero-order chi connectivity index (χ0) is 32.6. The van der Waals surface area contributed by atoms with Crippen LogP contribution in [0, 0.1) is 0 Å². The third-order valence-corrected chi connectivity index (χ3v) is 9.20. The molecular formula is C28H38F2N7O7P. The average Bonchev–Trinajstić information content (AvgIpc) is 3.68. The zero-order valence-corrected chi connectivity index (χ0v) is 26.2. The number of anilines is 2. The van der Waals surface area contributed by atoms with Gasteiger partial charge in [-0.25, -0.2) is 18.3 Å². The number of imidazole rings is 1. The van der Waals surface area contributed by atoms with E-state index < -0.39 is 56.3 Å². The number of aliphatic hydroxyl groups excluding tert-OH is 1. The van der Waals surface area contributed by atoms with Crippen LogP contribution in [0.4, 0.5) is 20.5 Å². The number of nitrogens with one attached hydrogen (secondary N) is 2. The van der Waals surface area contributed by atoms with Gasteiger partial charge in [-0.1, -0.05) is 31.0 Å². The zero-order valence-electron chi connectivity index (χ0n) is 25.4. The standard InChI is InChI=1S/C28H38F2N7O7P/c1-16(2)42-23(38)17(3)36-45(40,44-19-12-6-5-7-13-19)41-14-28(30)24(39)27(4,29)25(43-28)37-15-32-20-21(33-18-10-8-9-11-18)34-26(31)35-22(20)37/h5-7,12-13,15-18,24-25,39H,8-11,14H2,1-4H3,(H,36,40)(H3,31,33,34,35)/t17-,24-,25+,27+,28+,45?/m0/s1. The van der Waals surface area contributed by atoms with Gasteiger partial charge in [-0.2, -0.15) is 15.1 Å². The molecule has 1 aliphatic carbocycles. The summed E-state index contributed by atoms with van der Waals surface area (Å²) in [7, 11) is -4.57. The Morgan fingerprint density at radius 3 is 2.58 bits per heavy atom. The van der Waals surface area contributed by atoms with Gasteiger partial charge < -0.3 is 30.2 Å². The fourth-order valence-corrected chi connectivity index (χ4v) is 6.84. The van der Waals surface area contributed by atoms with Crippen molar-refractivity contribution in [2.24, 2.45) is 0 Å². The molecule has 2 fully saturated rings. The number of ether oxygens (including phenoxy) is 2. The number of hydrogen-bond acceptors (Lipinski definition) is 12. The molecule has 1 saturated carbocycles. The number of nitrogens with two attached hydrogens (primary N) is 1. The molecule has 45 heavy (non-hydrogen) atoms. The number of nitrogen functional groups attached to an aromatic ring is 1. The predicted octanol–water partition coefficient (Wildman–Crippen LogP) is 4.18. The van der Waals surface area contributed by atoms with Crippen LogP contribution in [-0.4, -0.2) is 73.0 Å². The molecular weight excluding hydrogens is 615 g/mol. The molecule has 14 nitrogen and oxygen atoms in total. The van der Waals surface area contributed by atoms with E-state index in [1.807, 2.05) is 0 Å². The second-order valence-corrected chi connectivity index (χ2v) is 13.4. The predicted molar refractivity (Wildman–Crippen MR) is 160 cm³/mol. The summed E-state index contributed by atoms with van der Waals surface area (Å²) < 4.78 is 69.1. The van der Waals surface area contributed by atoms with E-state index in [4.69, 9.17) is 24.3 Å². The fraction of sp³-hybridized carbons (Fsp3) is 0.571. The molecule has 1 aliphatic heterocycles. The summed E-state index contributed by atoms with van der Waals surface area (Å²) in [5.74, 6) is -3.74. The van der Waals surface area contributed by atoms with E-state index in [-0.39, 0.29) is 28.9 Å². The van der Waals surface area contributed by atoms with Gasteiger partial charge in [-0.15, -0.1) is 0 Å². The number of rotatable bonds is 12. The molecule has 5 rings (SSSR count). The first kappa shape index (κ1) is 32.9. The number of aromatic nitrogens is 4. The molecule has 17 heteroatoms. The lowest BCUT2D eigenvalue weighted by Crippen LogP contribution is -2.47. The number of halogens is 2. The maximum Gasteiger partial charge on any atom is 0.459 e. The molecule has 3 aromatic rings. The quantitative estimate of drug-likeness (QED) is 0.161. The highest BCUT2D eigenvalue weighted by molar-refractivity contribution is 7.52. The number of esters is 1. The normalized spacial score (nSPS) is 27.5. The molecule has 0 amide bonds. The lowest BCUT2D eigenvalue weighted by Gasteiger charge is -2.28. The Labute approximate surface area is 258 Å². The molecule has 5 N–H and O–H groups in total. The van der Waals surface area contributed by atoms with Crippen LogP contribution in [0.25, 0.3) is 11.2 Å². The van der Waals surface area contributed by atoms with Crippen molar-refractivity contribution in [2.45, 2.75) is 95.4 Å². The highest BCUT2D eigenvalue weighted by Crippen LogP contribution is 2.52. The summed E-state index contributed by atoms with van der Waals surface area (Å²) in [5.41, 5.74) is 3.49. The van der Waals surface area contributed by atoms with Crippen molar-refractivity contribution >= 4 is 36.6 Å². The van der Waals surface area contributed by atoms with Crippen LogP contribution < -0.4 is 20.7 Å². The summed E-state index contributed by atoms with van der Waals surface area (Å²) in [6.45, 7) is 4.30. The van der Waals surface area contributed by atoms with E-state index in [9.17, 15) is 14.5 Å². The van der Waals surface area contributed by atoms with Crippen molar-refractivity contribution in [1.82, 2.24) is 24.6 Å². The van der Waals surface area contributed by atoms with Gasteiger partial charge in [0.15, 0.2) is 35.0 Å². The van der Waals surface area contributed by atoms with Crippen molar-refractivity contribution in [3.05, 3.63) is 36.7 Å². The first-order valence-corrected chi connectivity index (χ1v) is 16.2. The summed E-state index contributed by atoms with van der Waals surface area (Å²) in [6.07, 6.45) is 0.463. The number of carbonyl (C=O) groups is 1. The Hall–Kier alpha value is -3.43. The Morgan fingerprint density at radius 2 is 1.91 bits per heavy atom. The maximum atomic E-state index is 16.4. The van der Waals surface area contributed by atoms with E-state index in [1.54, 1.807) is 32.0 Å². The van der Waals surface area contributed by atoms with Gasteiger partial charge in [0.05, 0.1) is 12.4 Å². The highest BCUT2D eigenvalue weighted by Gasteiger charge is 2.65. The van der Waals surface area contributed by atoms with Crippen LogP contribution in [0.3, 0.4) is 0 Å². The number of nitrogens with zero attached hydrogens (tertiary/aromatic N) is 4. The Balaban J connectivity index is 1.40. The van der Waals surface area contributed by atoms with Crippen molar-refractivity contribution in [1.29, 1.82) is 0 Å². The molecule has 0 radical (unpaired) electrons. The molecule has 3 heterocycles. The lowest BCUT2D eigenvalue weighted by atomic mass is 9.97. The van der Waals surface area contributed by atoms with Crippen LogP contribution in [0.2, 0.25) is 0 Å². The molecule has 2 aliphatic rings. The Morgan fingerprint density at radius 1 is 1.22 bits per heavy atom. The molecule has 0 bridgehead atoms. The largest absolute Gasteiger partial charge is 0.462 e. The summed E-state index contributed by atoms with van der Waals surface area (Å²) >= 11 is 0. The number of alkyl halides is 2. The minimum absolute atomic E-state index is 0.0477. The van der Waals surface area contributed by atoms with Gasteiger partial charge in [-0.3, -0.25) is 13.9 Å². The van der Waals surface area contributed by atoms with E-state index >= 15 is 8.78 Å². The van der Waals surface area contributed by atoms with Crippen LogP contribution in [-0.2, 0) is 23.4 Å². The van der Waals surface area contributed by atoms with Crippen molar-refractivity contribution < 1.29 is 41.8 Å². The van der Waals surface area contributed by atoms with Crippen molar-refractivity contribution in [2.75, 3.05) is 17.7 Å². The smallest absolute Gasteiger partial charge is 0.459 e. The average molecular weight is 654 g/mol. The van der Waals surface area contributed by atoms with E-state index in [0.717, 1.165) is 37.2 Å². The number of para-hydroxylation sites is 1. The Bertz CT molecular complexity index is 1560. The molecule has 0 spiro atoms. The molecule has 2 aromatic heterocycles. The number of carbonyl (C=O) groups excluding carboxylic acids is 1. The molecule has 1 aromatic carbocycles. The van der Waals surface area contributed by atoms with Gasteiger partial charge in [-0.05, 0) is 52.7 Å². The monoisotopic (exact) mass is 653 g/mol. The summed E-state index contributed by atoms with van der Waals surface area (Å²) in [6, 6.07) is 6.72. The minimum Gasteiger partial charge on any atom is -0.462 e. The van der Waals surface area contributed by atoms with Gasteiger partial charge in [0.2, 0.25) is 5.95 Å². The number of fused-ring (bicyclic) bond motifs is 1. The lowest BCUT2D eigenvalue weighted by molar-refractivity contribution is -0.202. The highest BCUT2D eigenvalue weighted by atomic mass is 31.2. The van der Waals surface area contributed by atoms with Gasteiger partial charge >= 0.3 is 13.7 Å². The van der Waals surface area contributed by atoms with E-state index in [0.29, 0.717) is 5.82 Å². The molecule has 6 atom stereocenters. The summed E-state index contributed by atoms with van der Waals surface area (Å²) in [5, 5.41) is 16.6. The fourth-order valence-electron chi connectivity index (χ4n) is 5.34. The second-order valence-electron chi connectivity index (χ2n) is 11.7. The van der Waals surface area contributed by atoms with E-state index in [2.05, 4.69) is 25.4 Å². The second kappa shape index (κ2) is 12.8. The molecule has 1 saturated heterocycles. The Kier molecular flexibility index (Phi) is 9.34. The van der Waals surface area contributed by atoms with Gasteiger partial charge in [0.1, 0.15) is 18.4 Å².